The molecule has 3 heteroatoms. The molecule has 0 heterocycles. The van der Waals surface area contributed by atoms with Gasteiger partial charge in [-0.1, -0.05) is 62.5 Å². The molecule has 3 atom stereocenters. The third-order valence-corrected chi connectivity index (χ3v) is 5.56. The Morgan fingerprint density at radius 2 is 1.95 bits per heavy atom. The van der Waals surface area contributed by atoms with E-state index in [0.29, 0.717) is 17.0 Å². The summed E-state index contributed by atoms with van der Waals surface area (Å²) in [6.07, 6.45) is 5.02. The maximum Gasteiger partial charge on any atom is 0.0624 e. The standard InChI is InChI=1S/C18H27Cl2N/c1-12(2)21-11-15-8-7-13(3)9-16(15)10-14-5-4-6-17(19)18(14)20/h4-6,12-13,15-16,21H,7-11H2,1-3H3. The molecule has 21 heavy (non-hydrogen) atoms. The SMILES string of the molecule is CC1CCC(CNC(C)C)C(Cc2cccc(Cl)c2Cl)C1. The molecule has 1 aliphatic rings. The first-order valence-corrected chi connectivity index (χ1v) is 8.89. The first kappa shape index (κ1) is 17.1. The highest BCUT2D eigenvalue weighted by molar-refractivity contribution is 6.42. The normalized spacial score (nSPS) is 26.3. The highest BCUT2D eigenvalue weighted by atomic mass is 35.5. The fourth-order valence-electron chi connectivity index (χ4n) is 3.46. The van der Waals surface area contributed by atoms with Crippen LogP contribution in [0.4, 0.5) is 0 Å². The van der Waals surface area contributed by atoms with Gasteiger partial charge in [-0.25, -0.2) is 0 Å². The molecule has 0 bridgehead atoms. The van der Waals surface area contributed by atoms with Gasteiger partial charge in [0.15, 0.2) is 0 Å². The molecular formula is C18H27Cl2N. The average molecular weight is 328 g/mol. The van der Waals surface area contributed by atoms with Crippen molar-refractivity contribution in [3.05, 3.63) is 33.8 Å². The average Bonchev–Trinajstić information content (AvgIpc) is 2.43. The van der Waals surface area contributed by atoms with E-state index in [2.05, 4.69) is 32.2 Å². The Hall–Kier alpha value is -0.240. The van der Waals surface area contributed by atoms with Gasteiger partial charge in [-0.3, -0.25) is 0 Å². The van der Waals surface area contributed by atoms with Gasteiger partial charge >= 0.3 is 0 Å². The topological polar surface area (TPSA) is 12.0 Å². The number of nitrogens with one attached hydrogen (secondary N) is 1. The van der Waals surface area contributed by atoms with E-state index in [4.69, 9.17) is 23.2 Å². The van der Waals surface area contributed by atoms with Crippen LogP contribution in [0.1, 0.15) is 45.6 Å². The van der Waals surface area contributed by atoms with Gasteiger partial charge in [-0.2, -0.15) is 0 Å². The van der Waals surface area contributed by atoms with Crippen LogP contribution < -0.4 is 5.32 Å². The summed E-state index contributed by atoms with van der Waals surface area (Å²) in [5.74, 6) is 2.28. The van der Waals surface area contributed by atoms with Gasteiger partial charge in [-0.15, -0.1) is 0 Å². The van der Waals surface area contributed by atoms with E-state index in [0.717, 1.165) is 29.8 Å². The predicted molar refractivity (Wildman–Crippen MR) is 93.3 cm³/mol. The molecule has 1 aliphatic carbocycles. The molecule has 3 unspecified atom stereocenters. The predicted octanol–water partition coefficient (Wildman–Crippen LogP) is 5.59. The zero-order chi connectivity index (χ0) is 15.4. The third-order valence-electron chi connectivity index (χ3n) is 4.70. The molecule has 1 fully saturated rings. The van der Waals surface area contributed by atoms with Gasteiger partial charge in [0.2, 0.25) is 0 Å². The zero-order valence-corrected chi connectivity index (χ0v) is 14.8. The fourth-order valence-corrected chi connectivity index (χ4v) is 3.85. The van der Waals surface area contributed by atoms with Crippen LogP contribution in [0.5, 0.6) is 0 Å². The molecule has 2 rings (SSSR count). The smallest absolute Gasteiger partial charge is 0.0624 e. The lowest BCUT2D eigenvalue weighted by Gasteiger charge is -2.36. The lowest BCUT2D eigenvalue weighted by molar-refractivity contribution is 0.181. The lowest BCUT2D eigenvalue weighted by atomic mass is 9.72. The maximum atomic E-state index is 6.38. The molecule has 0 radical (unpaired) electrons. The van der Waals surface area contributed by atoms with E-state index in [1.807, 2.05) is 12.1 Å². The number of rotatable bonds is 5. The quantitative estimate of drug-likeness (QED) is 0.743. The first-order valence-electron chi connectivity index (χ1n) is 8.13. The summed E-state index contributed by atoms with van der Waals surface area (Å²) in [7, 11) is 0. The summed E-state index contributed by atoms with van der Waals surface area (Å²) in [4.78, 5) is 0. The molecule has 1 saturated carbocycles. The van der Waals surface area contributed by atoms with Crippen molar-refractivity contribution in [2.75, 3.05) is 6.54 Å². The summed E-state index contributed by atoms with van der Waals surface area (Å²) in [5, 5.41) is 5.03. The van der Waals surface area contributed by atoms with Crippen molar-refractivity contribution in [2.45, 2.75) is 52.5 Å². The highest BCUT2D eigenvalue weighted by Gasteiger charge is 2.29. The van der Waals surface area contributed by atoms with Crippen molar-refractivity contribution >= 4 is 23.2 Å². The van der Waals surface area contributed by atoms with Crippen LogP contribution in [-0.2, 0) is 6.42 Å². The van der Waals surface area contributed by atoms with Gasteiger partial charge in [0, 0.05) is 6.04 Å². The third kappa shape index (κ3) is 4.87. The molecule has 1 aromatic carbocycles. The van der Waals surface area contributed by atoms with Crippen LogP contribution >= 0.6 is 23.2 Å². The van der Waals surface area contributed by atoms with Crippen molar-refractivity contribution < 1.29 is 0 Å². The van der Waals surface area contributed by atoms with Gasteiger partial charge in [0.05, 0.1) is 10.0 Å². The van der Waals surface area contributed by atoms with Crippen LogP contribution in [0, 0.1) is 17.8 Å². The van der Waals surface area contributed by atoms with E-state index in [1.165, 1.54) is 24.8 Å². The van der Waals surface area contributed by atoms with Crippen LogP contribution in [0.2, 0.25) is 10.0 Å². The number of benzene rings is 1. The summed E-state index contributed by atoms with van der Waals surface area (Å²) in [5.41, 5.74) is 1.21. The van der Waals surface area contributed by atoms with Crippen molar-refractivity contribution in [3.63, 3.8) is 0 Å². The molecule has 0 spiro atoms. The van der Waals surface area contributed by atoms with Gasteiger partial charge in [0.1, 0.15) is 0 Å². The minimum atomic E-state index is 0.555. The van der Waals surface area contributed by atoms with Crippen molar-refractivity contribution in [1.82, 2.24) is 5.32 Å². The van der Waals surface area contributed by atoms with Crippen LogP contribution in [-0.4, -0.2) is 12.6 Å². The van der Waals surface area contributed by atoms with Crippen LogP contribution in [0.25, 0.3) is 0 Å². The molecule has 1 nitrogen and oxygen atoms in total. The highest BCUT2D eigenvalue weighted by Crippen LogP contribution is 2.37. The summed E-state index contributed by atoms with van der Waals surface area (Å²) >= 11 is 12.5. The Morgan fingerprint density at radius 1 is 1.19 bits per heavy atom. The van der Waals surface area contributed by atoms with Crippen molar-refractivity contribution in [3.8, 4) is 0 Å². The molecule has 0 amide bonds. The molecule has 1 N–H and O–H groups in total. The largest absolute Gasteiger partial charge is 0.314 e. The van der Waals surface area contributed by atoms with E-state index in [-0.39, 0.29) is 0 Å². The monoisotopic (exact) mass is 327 g/mol. The summed E-state index contributed by atoms with van der Waals surface area (Å²) in [6, 6.07) is 6.56. The molecular weight excluding hydrogens is 301 g/mol. The van der Waals surface area contributed by atoms with Gasteiger partial charge in [0.25, 0.3) is 0 Å². The summed E-state index contributed by atoms with van der Waals surface area (Å²) < 4.78 is 0. The molecule has 118 valence electrons. The number of halogens is 2. The Balaban J connectivity index is 2.07. The molecule has 0 aromatic heterocycles. The number of hydrogen-bond donors (Lipinski definition) is 1. The Bertz CT molecular complexity index is 459. The Kier molecular flexibility index (Phi) is 6.40. The minimum absolute atomic E-state index is 0.555. The van der Waals surface area contributed by atoms with Crippen LogP contribution in [0.15, 0.2) is 18.2 Å². The van der Waals surface area contributed by atoms with Crippen LogP contribution in [0.3, 0.4) is 0 Å². The van der Waals surface area contributed by atoms with Gasteiger partial charge in [-0.05, 0) is 55.2 Å². The first-order chi connectivity index (χ1) is 9.97. The number of hydrogen-bond acceptors (Lipinski definition) is 1. The van der Waals surface area contributed by atoms with Crippen molar-refractivity contribution in [1.29, 1.82) is 0 Å². The van der Waals surface area contributed by atoms with Gasteiger partial charge < -0.3 is 5.32 Å². The van der Waals surface area contributed by atoms with Crippen molar-refractivity contribution in [2.24, 2.45) is 17.8 Å². The second-order valence-electron chi connectivity index (χ2n) is 6.92. The second-order valence-corrected chi connectivity index (χ2v) is 7.70. The summed E-state index contributed by atoms with van der Waals surface area (Å²) in [6.45, 7) is 7.93. The Morgan fingerprint density at radius 3 is 2.67 bits per heavy atom. The Labute approximate surface area is 139 Å². The van der Waals surface area contributed by atoms with E-state index in [1.54, 1.807) is 0 Å². The maximum absolute atomic E-state index is 6.38. The fraction of sp³-hybridized carbons (Fsp3) is 0.667. The van der Waals surface area contributed by atoms with E-state index < -0.39 is 0 Å². The molecule has 1 aromatic rings. The van der Waals surface area contributed by atoms with E-state index in [9.17, 15) is 0 Å². The minimum Gasteiger partial charge on any atom is -0.314 e. The lowest BCUT2D eigenvalue weighted by Crippen LogP contribution is -2.36. The van der Waals surface area contributed by atoms with E-state index >= 15 is 0 Å². The zero-order valence-electron chi connectivity index (χ0n) is 13.3. The molecule has 0 aliphatic heterocycles. The molecule has 0 saturated heterocycles. The second kappa shape index (κ2) is 7.85.